The molecule has 0 saturated carbocycles. The van der Waals surface area contributed by atoms with E-state index in [1.54, 1.807) is 30.3 Å². The highest BCUT2D eigenvalue weighted by atomic mass is 32.1. The molecule has 0 aliphatic rings. The molecule has 23 heavy (non-hydrogen) atoms. The van der Waals surface area contributed by atoms with Gasteiger partial charge in [0.15, 0.2) is 5.96 Å². The largest absolute Gasteiger partial charge is 0.356 e. The monoisotopic (exact) mass is 339 g/mol. The molecule has 0 bridgehead atoms. The number of rotatable bonds is 8. The lowest BCUT2D eigenvalue weighted by molar-refractivity contribution is -0.127. The molecule has 0 fully saturated rings. The van der Waals surface area contributed by atoms with Gasteiger partial charge in [0.05, 0.1) is 5.01 Å². The van der Waals surface area contributed by atoms with Crippen LogP contribution >= 0.6 is 11.3 Å². The molecule has 0 aromatic carbocycles. The summed E-state index contributed by atoms with van der Waals surface area (Å²) in [6.45, 7) is 7.24. The first kappa shape index (κ1) is 19.4. The van der Waals surface area contributed by atoms with Crippen molar-refractivity contribution in [2.24, 2.45) is 4.99 Å². The van der Waals surface area contributed by atoms with E-state index in [0.29, 0.717) is 12.0 Å². The quantitative estimate of drug-likeness (QED) is 0.558. The van der Waals surface area contributed by atoms with Gasteiger partial charge in [-0.05, 0) is 19.8 Å². The SMILES string of the molecule is CCc1cnc(CCNC(=NCC(=O)N(C)C)NC(C)CC)s1. The zero-order valence-corrected chi connectivity index (χ0v) is 15.7. The summed E-state index contributed by atoms with van der Waals surface area (Å²) in [5, 5.41) is 7.73. The summed E-state index contributed by atoms with van der Waals surface area (Å²) in [5.41, 5.74) is 0. The predicted molar refractivity (Wildman–Crippen MR) is 97.1 cm³/mol. The molecule has 6 nitrogen and oxygen atoms in total. The van der Waals surface area contributed by atoms with Crippen molar-refractivity contribution >= 4 is 23.2 Å². The number of carbonyl (C=O) groups excluding carboxylic acids is 1. The number of carbonyl (C=O) groups is 1. The fourth-order valence-corrected chi connectivity index (χ4v) is 2.55. The lowest BCUT2D eigenvalue weighted by atomic mass is 10.3. The Balaban J connectivity index is 2.54. The average molecular weight is 340 g/mol. The summed E-state index contributed by atoms with van der Waals surface area (Å²) in [6, 6.07) is 0.308. The molecule has 1 heterocycles. The molecule has 0 saturated heterocycles. The van der Waals surface area contributed by atoms with Crippen LogP contribution in [0.2, 0.25) is 0 Å². The number of nitrogens with one attached hydrogen (secondary N) is 2. The van der Waals surface area contributed by atoms with Crippen molar-refractivity contribution in [2.45, 2.75) is 46.1 Å². The van der Waals surface area contributed by atoms with Crippen molar-refractivity contribution < 1.29 is 4.79 Å². The summed E-state index contributed by atoms with van der Waals surface area (Å²) < 4.78 is 0. The predicted octanol–water partition coefficient (Wildman–Crippen LogP) is 1.67. The molecule has 1 amide bonds. The minimum atomic E-state index is -0.0113. The number of aliphatic imine (C=N–C) groups is 1. The molecule has 0 aliphatic carbocycles. The first-order chi connectivity index (χ1) is 11.0. The van der Waals surface area contributed by atoms with Crippen LogP contribution in [0, 0.1) is 0 Å². The van der Waals surface area contributed by atoms with Gasteiger partial charge in [0.1, 0.15) is 6.54 Å². The third-order valence-corrected chi connectivity index (χ3v) is 4.65. The van der Waals surface area contributed by atoms with Gasteiger partial charge in [-0.25, -0.2) is 9.98 Å². The number of hydrogen-bond donors (Lipinski definition) is 2. The number of amides is 1. The number of thiazole rings is 1. The van der Waals surface area contributed by atoms with Crippen molar-refractivity contribution in [3.8, 4) is 0 Å². The topological polar surface area (TPSA) is 69.6 Å². The molecule has 1 unspecified atom stereocenters. The van der Waals surface area contributed by atoms with Gasteiger partial charge >= 0.3 is 0 Å². The Hall–Kier alpha value is -1.63. The fourth-order valence-electron chi connectivity index (χ4n) is 1.69. The zero-order valence-electron chi connectivity index (χ0n) is 14.8. The molecule has 1 rings (SSSR count). The summed E-state index contributed by atoms with van der Waals surface area (Å²) >= 11 is 1.75. The molecular weight excluding hydrogens is 310 g/mol. The summed E-state index contributed by atoms with van der Waals surface area (Å²) in [4.78, 5) is 23.3. The number of aryl methyl sites for hydroxylation is 1. The molecule has 0 spiro atoms. The number of guanidine groups is 1. The number of aromatic nitrogens is 1. The Kier molecular flexibility index (Phi) is 8.61. The third-order valence-electron chi connectivity index (χ3n) is 3.45. The van der Waals surface area contributed by atoms with Crippen molar-refractivity contribution in [1.29, 1.82) is 0 Å². The van der Waals surface area contributed by atoms with Gasteiger partial charge in [-0.3, -0.25) is 4.79 Å². The molecule has 1 atom stereocenters. The normalized spacial score (nSPS) is 12.8. The van der Waals surface area contributed by atoms with E-state index >= 15 is 0 Å². The Bertz CT molecular complexity index is 512. The van der Waals surface area contributed by atoms with Crippen LogP contribution in [0.15, 0.2) is 11.2 Å². The second kappa shape index (κ2) is 10.2. The van der Waals surface area contributed by atoms with E-state index < -0.39 is 0 Å². The van der Waals surface area contributed by atoms with Gasteiger partial charge in [-0.2, -0.15) is 0 Å². The summed E-state index contributed by atoms with van der Waals surface area (Å²) in [5.74, 6) is 0.671. The average Bonchev–Trinajstić information content (AvgIpc) is 2.99. The van der Waals surface area contributed by atoms with Crippen LogP contribution in [0.4, 0.5) is 0 Å². The Morgan fingerprint density at radius 3 is 2.74 bits per heavy atom. The van der Waals surface area contributed by atoms with Gasteiger partial charge in [-0.1, -0.05) is 13.8 Å². The molecule has 1 aromatic rings. The maximum Gasteiger partial charge on any atom is 0.243 e. The second-order valence-electron chi connectivity index (χ2n) is 5.66. The summed E-state index contributed by atoms with van der Waals surface area (Å²) in [6.07, 6.45) is 4.82. The van der Waals surface area contributed by atoms with Crippen LogP contribution in [-0.2, 0) is 17.6 Å². The number of nitrogens with zero attached hydrogens (tertiary/aromatic N) is 3. The van der Waals surface area contributed by atoms with Crippen molar-refractivity contribution in [2.75, 3.05) is 27.2 Å². The first-order valence-corrected chi connectivity index (χ1v) is 8.96. The van der Waals surface area contributed by atoms with Gasteiger partial charge < -0.3 is 15.5 Å². The lowest BCUT2D eigenvalue weighted by Gasteiger charge is -2.17. The van der Waals surface area contributed by atoms with Crippen molar-refractivity contribution in [3.05, 3.63) is 16.1 Å². The first-order valence-electron chi connectivity index (χ1n) is 8.14. The van der Waals surface area contributed by atoms with Crippen LogP contribution in [-0.4, -0.2) is 55.0 Å². The highest BCUT2D eigenvalue weighted by molar-refractivity contribution is 7.11. The minimum absolute atomic E-state index is 0.0113. The second-order valence-corrected chi connectivity index (χ2v) is 6.86. The van der Waals surface area contributed by atoms with E-state index in [-0.39, 0.29) is 12.5 Å². The summed E-state index contributed by atoms with van der Waals surface area (Å²) in [7, 11) is 3.47. The molecule has 130 valence electrons. The van der Waals surface area contributed by atoms with Crippen LogP contribution < -0.4 is 10.6 Å². The highest BCUT2D eigenvalue weighted by Gasteiger charge is 2.07. The van der Waals surface area contributed by atoms with E-state index in [4.69, 9.17) is 0 Å². The van der Waals surface area contributed by atoms with E-state index in [0.717, 1.165) is 30.8 Å². The molecule has 7 heteroatoms. The standard InChI is InChI=1S/C16H29N5OS/c1-6-12(3)20-16(19-11-15(22)21(4)5)17-9-8-14-18-10-13(7-2)23-14/h10,12H,6-9,11H2,1-5H3,(H2,17,19,20). The van der Waals surface area contributed by atoms with Crippen molar-refractivity contribution in [3.63, 3.8) is 0 Å². The number of likely N-dealkylation sites (N-methyl/N-ethyl adjacent to an activating group) is 1. The Labute approximate surface area is 143 Å². The van der Waals surface area contributed by atoms with E-state index in [1.165, 1.54) is 4.88 Å². The lowest BCUT2D eigenvalue weighted by Crippen LogP contribution is -2.43. The van der Waals surface area contributed by atoms with E-state index in [2.05, 4.69) is 41.4 Å². The van der Waals surface area contributed by atoms with Crippen LogP contribution in [0.1, 0.15) is 37.1 Å². The maximum absolute atomic E-state index is 11.7. The van der Waals surface area contributed by atoms with Crippen LogP contribution in [0.25, 0.3) is 0 Å². The zero-order chi connectivity index (χ0) is 17.2. The molecule has 0 aliphatic heterocycles. The maximum atomic E-state index is 11.7. The molecular formula is C16H29N5OS. The van der Waals surface area contributed by atoms with Crippen molar-refractivity contribution in [1.82, 2.24) is 20.5 Å². The van der Waals surface area contributed by atoms with E-state index in [1.807, 2.05) is 6.20 Å². The smallest absolute Gasteiger partial charge is 0.243 e. The van der Waals surface area contributed by atoms with Gasteiger partial charge in [0, 0.05) is 44.2 Å². The molecule has 1 aromatic heterocycles. The fraction of sp³-hybridized carbons (Fsp3) is 0.688. The number of hydrogen-bond acceptors (Lipinski definition) is 4. The van der Waals surface area contributed by atoms with Crippen LogP contribution in [0.3, 0.4) is 0 Å². The third kappa shape index (κ3) is 7.45. The van der Waals surface area contributed by atoms with Crippen LogP contribution in [0.5, 0.6) is 0 Å². The molecule has 0 radical (unpaired) electrons. The Morgan fingerprint density at radius 2 is 2.17 bits per heavy atom. The minimum Gasteiger partial charge on any atom is -0.356 e. The highest BCUT2D eigenvalue weighted by Crippen LogP contribution is 2.13. The van der Waals surface area contributed by atoms with E-state index in [9.17, 15) is 4.79 Å². The van der Waals surface area contributed by atoms with Gasteiger partial charge in [-0.15, -0.1) is 11.3 Å². The Morgan fingerprint density at radius 1 is 1.43 bits per heavy atom. The van der Waals surface area contributed by atoms with Gasteiger partial charge in [0.2, 0.25) is 5.91 Å². The van der Waals surface area contributed by atoms with Gasteiger partial charge in [0.25, 0.3) is 0 Å². The molecule has 2 N–H and O–H groups in total.